The van der Waals surface area contributed by atoms with Gasteiger partial charge in [0.05, 0.1) is 13.2 Å². The molecular formula is C11H17N3O. The minimum absolute atomic E-state index is 0.0628. The summed E-state index contributed by atoms with van der Waals surface area (Å²) in [4.78, 5) is 6.59. The highest BCUT2D eigenvalue weighted by Crippen LogP contribution is 2.17. The second kappa shape index (κ2) is 4.59. The number of hydrogen-bond acceptors (Lipinski definition) is 4. The molecule has 0 saturated carbocycles. The highest BCUT2D eigenvalue weighted by molar-refractivity contribution is 5.42. The van der Waals surface area contributed by atoms with Gasteiger partial charge >= 0.3 is 0 Å². The molecule has 0 amide bonds. The van der Waals surface area contributed by atoms with Gasteiger partial charge in [-0.25, -0.2) is 4.98 Å². The topological polar surface area (TPSA) is 51.4 Å². The zero-order valence-electron chi connectivity index (χ0n) is 9.02. The lowest BCUT2D eigenvalue weighted by Gasteiger charge is -2.28. The van der Waals surface area contributed by atoms with Crippen LogP contribution in [0.5, 0.6) is 0 Å². The van der Waals surface area contributed by atoms with Crippen LogP contribution in [0.15, 0.2) is 18.3 Å². The van der Waals surface area contributed by atoms with Gasteiger partial charge in [0, 0.05) is 25.3 Å². The third kappa shape index (κ3) is 2.46. The molecule has 2 heterocycles. The highest BCUT2D eigenvalue weighted by atomic mass is 16.5. The van der Waals surface area contributed by atoms with E-state index in [0.717, 1.165) is 37.7 Å². The van der Waals surface area contributed by atoms with Gasteiger partial charge in [-0.05, 0) is 24.6 Å². The smallest absolute Gasteiger partial charge is 0.128 e. The van der Waals surface area contributed by atoms with Crippen LogP contribution in [0.4, 0.5) is 5.82 Å². The second-order valence-electron chi connectivity index (χ2n) is 3.84. The predicted molar refractivity (Wildman–Crippen MR) is 59.9 cm³/mol. The third-order valence-corrected chi connectivity index (χ3v) is 2.63. The van der Waals surface area contributed by atoms with Gasteiger partial charge in [-0.3, -0.25) is 0 Å². The number of anilines is 1. The van der Waals surface area contributed by atoms with Crippen molar-refractivity contribution in [2.24, 2.45) is 5.73 Å². The lowest BCUT2D eigenvalue weighted by molar-refractivity contribution is 0.122. The summed E-state index contributed by atoms with van der Waals surface area (Å²) in [6.07, 6.45) is 1.82. The van der Waals surface area contributed by atoms with E-state index in [2.05, 4.69) is 16.0 Å². The first-order valence-corrected chi connectivity index (χ1v) is 5.31. The fourth-order valence-electron chi connectivity index (χ4n) is 1.68. The summed E-state index contributed by atoms with van der Waals surface area (Å²) in [6.45, 7) is 5.37. The number of nitrogens with two attached hydrogens (primary N) is 1. The Bertz CT molecular complexity index is 321. The Hall–Kier alpha value is -1.13. The van der Waals surface area contributed by atoms with E-state index in [1.807, 2.05) is 19.2 Å². The van der Waals surface area contributed by atoms with Gasteiger partial charge in [-0.2, -0.15) is 0 Å². The van der Waals surface area contributed by atoms with Crippen molar-refractivity contribution < 1.29 is 4.74 Å². The number of ether oxygens (including phenoxy) is 1. The fraction of sp³-hybridized carbons (Fsp3) is 0.545. The van der Waals surface area contributed by atoms with Crippen LogP contribution in [-0.2, 0) is 4.74 Å². The molecule has 1 aliphatic heterocycles. The van der Waals surface area contributed by atoms with Crippen molar-refractivity contribution in [3.05, 3.63) is 23.9 Å². The molecule has 2 rings (SSSR count). The standard InChI is InChI=1S/C11H17N3O/c1-9(12)10-2-3-13-11(8-10)14-4-6-15-7-5-14/h2-3,8-9H,4-7,12H2,1H3/t9-/m0/s1. The number of aromatic nitrogens is 1. The monoisotopic (exact) mass is 207 g/mol. The molecule has 0 aliphatic carbocycles. The van der Waals surface area contributed by atoms with Crippen molar-refractivity contribution in [3.8, 4) is 0 Å². The van der Waals surface area contributed by atoms with E-state index in [1.54, 1.807) is 0 Å². The summed E-state index contributed by atoms with van der Waals surface area (Å²) in [5.74, 6) is 1.01. The van der Waals surface area contributed by atoms with E-state index < -0.39 is 0 Å². The number of hydrogen-bond donors (Lipinski definition) is 1. The molecule has 1 fully saturated rings. The van der Waals surface area contributed by atoms with Crippen molar-refractivity contribution in [2.75, 3.05) is 31.2 Å². The van der Waals surface area contributed by atoms with Crippen molar-refractivity contribution >= 4 is 5.82 Å². The Balaban J connectivity index is 2.16. The van der Waals surface area contributed by atoms with Crippen molar-refractivity contribution in [1.82, 2.24) is 4.98 Å². The zero-order chi connectivity index (χ0) is 10.7. The SMILES string of the molecule is C[C@H](N)c1ccnc(N2CCOCC2)c1. The Morgan fingerprint density at radius 3 is 2.87 bits per heavy atom. The Labute approximate surface area is 90.0 Å². The minimum Gasteiger partial charge on any atom is -0.378 e. The van der Waals surface area contributed by atoms with Gasteiger partial charge < -0.3 is 15.4 Å². The van der Waals surface area contributed by atoms with Crippen LogP contribution in [0.2, 0.25) is 0 Å². The van der Waals surface area contributed by atoms with E-state index in [1.165, 1.54) is 0 Å². The number of nitrogens with zero attached hydrogens (tertiary/aromatic N) is 2. The fourth-order valence-corrected chi connectivity index (χ4v) is 1.68. The van der Waals surface area contributed by atoms with Crippen LogP contribution in [-0.4, -0.2) is 31.3 Å². The van der Waals surface area contributed by atoms with Gasteiger partial charge in [0.2, 0.25) is 0 Å². The molecule has 4 nitrogen and oxygen atoms in total. The summed E-state index contributed by atoms with van der Waals surface area (Å²) in [5.41, 5.74) is 6.97. The molecule has 0 aromatic carbocycles. The summed E-state index contributed by atoms with van der Waals surface area (Å²) in [6, 6.07) is 4.10. The molecule has 0 unspecified atom stereocenters. The maximum Gasteiger partial charge on any atom is 0.128 e. The molecular weight excluding hydrogens is 190 g/mol. The number of rotatable bonds is 2. The van der Waals surface area contributed by atoms with Gasteiger partial charge in [0.25, 0.3) is 0 Å². The Morgan fingerprint density at radius 1 is 1.47 bits per heavy atom. The summed E-state index contributed by atoms with van der Waals surface area (Å²) in [5, 5.41) is 0. The molecule has 1 aromatic heterocycles. The summed E-state index contributed by atoms with van der Waals surface area (Å²) >= 11 is 0. The van der Waals surface area contributed by atoms with Crippen LogP contribution in [0.3, 0.4) is 0 Å². The molecule has 1 atom stereocenters. The number of pyridine rings is 1. The molecule has 1 aromatic rings. The van der Waals surface area contributed by atoms with E-state index in [-0.39, 0.29) is 6.04 Å². The average Bonchev–Trinajstić information content (AvgIpc) is 2.30. The summed E-state index contributed by atoms with van der Waals surface area (Å²) < 4.78 is 5.30. The van der Waals surface area contributed by atoms with E-state index >= 15 is 0 Å². The van der Waals surface area contributed by atoms with Gasteiger partial charge in [0.15, 0.2) is 0 Å². The molecule has 2 N–H and O–H groups in total. The van der Waals surface area contributed by atoms with Gasteiger partial charge in [-0.1, -0.05) is 0 Å². The average molecular weight is 207 g/mol. The molecule has 1 saturated heterocycles. The van der Waals surface area contributed by atoms with Crippen LogP contribution >= 0.6 is 0 Å². The number of morpholine rings is 1. The maximum atomic E-state index is 5.84. The maximum absolute atomic E-state index is 5.84. The van der Waals surface area contributed by atoms with Crippen LogP contribution in [0.1, 0.15) is 18.5 Å². The molecule has 4 heteroatoms. The third-order valence-electron chi connectivity index (χ3n) is 2.63. The normalized spacial score (nSPS) is 18.9. The van der Waals surface area contributed by atoms with Gasteiger partial charge in [-0.15, -0.1) is 0 Å². The van der Waals surface area contributed by atoms with Crippen molar-refractivity contribution in [3.63, 3.8) is 0 Å². The molecule has 1 aliphatic rings. The van der Waals surface area contributed by atoms with Crippen LogP contribution in [0.25, 0.3) is 0 Å². The lowest BCUT2D eigenvalue weighted by Crippen LogP contribution is -2.36. The van der Waals surface area contributed by atoms with Crippen LogP contribution < -0.4 is 10.6 Å². The first kappa shape index (κ1) is 10.4. The van der Waals surface area contributed by atoms with E-state index in [9.17, 15) is 0 Å². The quantitative estimate of drug-likeness (QED) is 0.784. The van der Waals surface area contributed by atoms with E-state index in [0.29, 0.717) is 0 Å². The lowest BCUT2D eigenvalue weighted by atomic mass is 10.1. The largest absolute Gasteiger partial charge is 0.378 e. The Kier molecular flexibility index (Phi) is 3.18. The summed E-state index contributed by atoms with van der Waals surface area (Å²) in [7, 11) is 0. The highest BCUT2D eigenvalue weighted by Gasteiger charge is 2.12. The molecule has 0 spiro atoms. The van der Waals surface area contributed by atoms with Gasteiger partial charge in [0.1, 0.15) is 5.82 Å². The molecule has 15 heavy (non-hydrogen) atoms. The molecule has 82 valence electrons. The first-order chi connectivity index (χ1) is 7.27. The second-order valence-corrected chi connectivity index (χ2v) is 3.84. The molecule has 0 radical (unpaired) electrons. The van der Waals surface area contributed by atoms with E-state index in [4.69, 9.17) is 10.5 Å². The minimum atomic E-state index is 0.0628. The zero-order valence-corrected chi connectivity index (χ0v) is 9.02. The van der Waals surface area contributed by atoms with Crippen LogP contribution in [0, 0.1) is 0 Å². The van der Waals surface area contributed by atoms with Crippen molar-refractivity contribution in [2.45, 2.75) is 13.0 Å². The first-order valence-electron chi connectivity index (χ1n) is 5.31. The molecule has 0 bridgehead atoms. The Morgan fingerprint density at radius 2 is 2.20 bits per heavy atom. The van der Waals surface area contributed by atoms with Crippen molar-refractivity contribution in [1.29, 1.82) is 0 Å². The predicted octanol–water partition coefficient (Wildman–Crippen LogP) is 0.938.